The van der Waals surface area contributed by atoms with E-state index < -0.39 is 21.2 Å². The van der Waals surface area contributed by atoms with Gasteiger partial charge in [-0.1, -0.05) is 6.08 Å². The van der Waals surface area contributed by atoms with Crippen LogP contribution in [0.5, 0.6) is 0 Å². The molecular weight excluding hydrogens is 215 g/mol. The SMILES string of the molecule is CC=C(C)C(=O)OC1([SiH2]F)CCCCO1. The minimum absolute atomic E-state index is 0.468. The Hall–Kier alpha value is -0.683. The van der Waals surface area contributed by atoms with Crippen LogP contribution in [-0.4, -0.2) is 27.8 Å². The summed E-state index contributed by atoms with van der Waals surface area (Å²) in [5.74, 6) is -0.468. The molecule has 0 N–H and O–H groups in total. The summed E-state index contributed by atoms with van der Waals surface area (Å²) in [4.78, 5) is 11.5. The van der Waals surface area contributed by atoms with Gasteiger partial charge in [-0.15, -0.1) is 0 Å². The van der Waals surface area contributed by atoms with Gasteiger partial charge in [0.1, 0.15) is 0 Å². The maximum absolute atomic E-state index is 13.0. The molecule has 1 aliphatic heterocycles. The molecule has 1 unspecified atom stereocenters. The van der Waals surface area contributed by atoms with Crippen LogP contribution < -0.4 is 0 Å². The third kappa shape index (κ3) is 3.14. The molecule has 0 aliphatic carbocycles. The molecular formula is C10H17FO3Si. The predicted octanol–water partition coefficient (Wildman–Crippen LogP) is 1.40. The average molecular weight is 232 g/mol. The van der Waals surface area contributed by atoms with Crippen LogP contribution in [0.15, 0.2) is 11.6 Å². The lowest BCUT2D eigenvalue weighted by Gasteiger charge is -2.34. The molecule has 0 bridgehead atoms. The lowest BCUT2D eigenvalue weighted by Crippen LogP contribution is -2.45. The second-order valence-electron chi connectivity index (χ2n) is 3.71. The van der Waals surface area contributed by atoms with Gasteiger partial charge in [0.2, 0.25) is 5.41 Å². The summed E-state index contributed by atoms with van der Waals surface area (Å²) in [5, 5.41) is 0. The standard InChI is InChI=1S/C10H17FO3Si/c1-3-8(2)9(12)14-10(15-11)6-4-5-7-13-10/h3H,4-7,15H2,1-2H3. The van der Waals surface area contributed by atoms with E-state index in [0.717, 1.165) is 12.8 Å². The zero-order valence-electron chi connectivity index (χ0n) is 9.22. The maximum Gasteiger partial charge on any atom is 0.335 e. The average Bonchev–Trinajstić information content (AvgIpc) is 2.29. The fourth-order valence-corrected chi connectivity index (χ4v) is 2.20. The molecule has 1 heterocycles. The van der Waals surface area contributed by atoms with E-state index in [0.29, 0.717) is 18.6 Å². The fourth-order valence-electron chi connectivity index (χ4n) is 1.41. The van der Waals surface area contributed by atoms with E-state index in [1.807, 2.05) is 0 Å². The topological polar surface area (TPSA) is 35.5 Å². The molecule has 1 atom stereocenters. The van der Waals surface area contributed by atoms with Crippen molar-refractivity contribution >= 4 is 15.8 Å². The molecule has 1 fully saturated rings. The van der Waals surface area contributed by atoms with Gasteiger partial charge in [0.05, 0.1) is 6.61 Å². The molecule has 0 saturated carbocycles. The van der Waals surface area contributed by atoms with Crippen molar-refractivity contribution in [1.82, 2.24) is 0 Å². The van der Waals surface area contributed by atoms with Gasteiger partial charge in [0.25, 0.3) is 9.85 Å². The molecule has 1 rings (SSSR count). The molecule has 15 heavy (non-hydrogen) atoms. The van der Waals surface area contributed by atoms with Crippen molar-refractivity contribution in [2.75, 3.05) is 6.61 Å². The van der Waals surface area contributed by atoms with E-state index in [4.69, 9.17) is 9.47 Å². The highest BCUT2D eigenvalue weighted by atomic mass is 28.3. The highest BCUT2D eigenvalue weighted by Gasteiger charge is 2.38. The molecule has 0 radical (unpaired) electrons. The smallest absolute Gasteiger partial charge is 0.335 e. The number of ether oxygens (including phenoxy) is 2. The number of allylic oxidation sites excluding steroid dienone is 1. The second-order valence-corrected chi connectivity index (χ2v) is 5.06. The highest BCUT2D eigenvalue weighted by Crippen LogP contribution is 2.26. The Labute approximate surface area is 91.6 Å². The van der Waals surface area contributed by atoms with Crippen LogP contribution in [0.4, 0.5) is 4.11 Å². The monoisotopic (exact) mass is 232 g/mol. The Bertz CT molecular complexity index is 259. The molecule has 0 aromatic heterocycles. The van der Waals surface area contributed by atoms with Gasteiger partial charge in [0, 0.05) is 12.0 Å². The largest absolute Gasteiger partial charge is 0.431 e. The van der Waals surface area contributed by atoms with E-state index in [1.165, 1.54) is 0 Å². The normalized spacial score (nSPS) is 28.3. The lowest BCUT2D eigenvalue weighted by atomic mass is 10.2. The summed E-state index contributed by atoms with van der Waals surface area (Å²) in [6.07, 6.45) is 3.92. The molecule has 0 aromatic rings. The lowest BCUT2D eigenvalue weighted by molar-refractivity contribution is -0.205. The number of esters is 1. The molecule has 3 nitrogen and oxygen atoms in total. The molecule has 86 valence electrons. The number of hydrogen-bond donors (Lipinski definition) is 0. The van der Waals surface area contributed by atoms with E-state index in [1.54, 1.807) is 19.9 Å². The summed E-state index contributed by atoms with van der Waals surface area (Å²) < 4.78 is 23.4. The zero-order chi connectivity index (χ0) is 11.3. The summed E-state index contributed by atoms with van der Waals surface area (Å²) in [6, 6.07) is 0. The Morgan fingerprint density at radius 2 is 2.33 bits per heavy atom. The van der Waals surface area contributed by atoms with Crippen LogP contribution in [0.2, 0.25) is 0 Å². The van der Waals surface area contributed by atoms with Crippen LogP contribution in [0.1, 0.15) is 33.1 Å². The number of carbonyl (C=O) groups excluding carboxylic acids is 1. The molecule has 1 saturated heterocycles. The van der Waals surface area contributed by atoms with E-state index >= 15 is 0 Å². The van der Waals surface area contributed by atoms with Gasteiger partial charge in [0.15, 0.2) is 0 Å². The minimum atomic E-state index is -2.01. The van der Waals surface area contributed by atoms with Gasteiger partial charge in [-0.05, 0) is 26.7 Å². The number of rotatable bonds is 3. The maximum atomic E-state index is 13.0. The Morgan fingerprint density at radius 3 is 2.80 bits per heavy atom. The third-order valence-electron chi connectivity index (χ3n) is 2.55. The first-order chi connectivity index (χ1) is 7.13. The van der Waals surface area contributed by atoms with Gasteiger partial charge < -0.3 is 13.6 Å². The molecule has 5 heteroatoms. The van der Waals surface area contributed by atoms with Gasteiger partial charge in [-0.3, -0.25) is 0 Å². The van der Waals surface area contributed by atoms with E-state index in [2.05, 4.69) is 0 Å². The summed E-state index contributed by atoms with van der Waals surface area (Å²) in [5.41, 5.74) is -0.703. The highest BCUT2D eigenvalue weighted by molar-refractivity contribution is 6.30. The van der Waals surface area contributed by atoms with Crippen molar-refractivity contribution in [3.63, 3.8) is 0 Å². The molecule has 0 amide bonds. The summed E-state index contributed by atoms with van der Waals surface area (Å²) >= 11 is 0. The van der Waals surface area contributed by atoms with Crippen molar-refractivity contribution in [2.45, 2.75) is 38.5 Å². The van der Waals surface area contributed by atoms with Crippen molar-refractivity contribution in [3.8, 4) is 0 Å². The van der Waals surface area contributed by atoms with Crippen molar-refractivity contribution in [1.29, 1.82) is 0 Å². The minimum Gasteiger partial charge on any atom is -0.431 e. The van der Waals surface area contributed by atoms with Crippen molar-refractivity contribution < 1.29 is 18.4 Å². The molecule has 1 aliphatic rings. The quantitative estimate of drug-likeness (QED) is 0.319. The second kappa shape index (κ2) is 5.41. The van der Waals surface area contributed by atoms with E-state index in [-0.39, 0.29) is 0 Å². The summed E-state index contributed by atoms with van der Waals surface area (Å²) in [7, 11) is -2.01. The van der Waals surface area contributed by atoms with Crippen molar-refractivity contribution in [3.05, 3.63) is 11.6 Å². The fraction of sp³-hybridized carbons (Fsp3) is 0.700. The molecule has 0 aromatic carbocycles. The Morgan fingerprint density at radius 1 is 1.60 bits per heavy atom. The first-order valence-corrected chi connectivity index (χ1v) is 6.44. The molecule has 0 spiro atoms. The van der Waals surface area contributed by atoms with E-state index in [9.17, 15) is 8.90 Å². The van der Waals surface area contributed by atoms with Crippen LogP contribution in [-0.2, 0) is 14.3 Å². The van der Waals surface area contributed by atoms with Crippen LogP contribution in [0, 0.1) is 0 Å². The Balaban J connectivity index is 2.63. The van der Waals surface area contributed by atoms with Crippen LogP contribution in [0.3, 0.4) is 0 Å². The van der Waals surface area contributed by atoms with Crippen molar-refractivity contribution in [2.24, 2.45) is 0 Å². The van der Waals surface area contributed by atoms with Gasteiger partial charge in [-0.2, -0.15) is 0 Å². The number of carbonyl (C=O) groups is 1. The van der Waals surface area contributed by atoms with Gasteiger partial charge >= 0.3 is 5.97 Å². The third-order valence-corrected chi connectivity index (χ3v) is 3.66. The zero-order valence-corrected chi connectivity index (χ0v) is 10.6. The van der Waals surface area contributed by atoms with Gasteiger partial charge in [-0.25, -0.2) is 4.79 Å². The van der Waals surface area contributed by atoms with Crippen LogP contribution >= 0.6 is 0 Å². The first-order valence-electron chi connectivity index (χ1n) is 5.20. The first kappa shape index (κ1) is 12.4. The predicted molar refractivity (Wildman–Crippen MR) is 57.7 cm³/mol. The Kier molecular flexibility index (Phi) is 4.47. The number of halogens is 1. The number of hydrogen-bond acceptors (Lipinski definition) is 3. The summed E-state index contributed by atoms with van der Waals surface area (Å²) in [6.45, 7) is 3.88. The van der Waals surface area contributed by atoms with Crippen LogP contribution in [0.25, 0.3) is 0 Å².